The largest absolute Gasteiger partial charge is 0.456 e. The number of benzene rings is 11. The minimum Gasteiger partial charge on any atom is -0.456 e. The standard InChI is InChI=1S/C81H68BN3O/c1-49-21-19-22-50(2)75(49)51-43-62-59-39-37-56(83(53-35-33-52(34-36-53)78(3,4)5)55-38-40-74-61(45-55)60-27-15-18-32-73(60)86-74)46-70(59)85(54-23-11-10-12-24-54)82-69-31-20-30-65-77(69)84(72(44-51)76(62)82)71-48-67-66(79(6,7)41-42-80(67,8)9)47-68(71)81(65)63-28-16-13-25-57(63)58-26-14-17-29-64(58)81/h10-40,43-48H,41-42H2,1-9H3. The Labute approximate surface area is 506 Å². The van der Waals surface area contributed by atoms with Crippen LogP contribution < -0.4 is 25.5 Å². The van der Waals surface area contributed by atoms with E-state index < -0.39 is 5.41 Å². The van der Waals surface area contributed by atoms with Crippen LogP contribution in [0.5, 0.6) is 0 Å². The van der Waals surface area contributed by atoms with Crippen molar-refractivity contribution in [2.75, 3.05) is 14.6 Å². The van der Waals surface area contributed by atoms with Gasteiger partial charge < -0.3 is 19.0 Å². The van der Waals surface area contributed by atoms with Gasteiger partial charge in [-0.1, -0.05) is 194 Å². The molecule has 1 aromatic heterocycles. The van der Waals surface area contributed by atoms with Crippen molar-refractivity contribution in [3.8, 4) is 33.4 Å². The summed E-state index contributed by atoms with van der Waals surface area (Å²) in [5, 5.41) is 2.21. The molecule has 86 heavy (non-hydrogen) atoms. The summed E-state index contributed by atoms with van der Waals surface area (Å²) >= 11 is 0. The summed E-state index contributed by atoms with van der Waals surface area (Å²) in [6.45, 7) is 21.2. The third-order valence-corrected chi connectivity index (χ3v) is 20.7. The van der Waals surface area contributed by atoms with E-state index in [9.17, 15) is 0 Å². The Kier molecular flexibility index (Phi) is 10.6. The Hall–Kier alpha value is -9.32. The lowest BCUT2D eigenvalue weighted by Gasteiger charge is -2.53. The molecular weight excluding hydrogens is 1040 g/mol. The monoisotopic (exact) mass is 1110 g/mol. The predicted molar refractivity (Wildman–Crippen MR) is 362 cm³/mol. The molecule has 0 radical (unpaired) electrons. The van der Waals surface area contributed by atoms with Gasteiger partial charge >= 0.3 is 6.85 Å². The van der Waals surface area contributed by atoms with Crippen LogP contribution in [0, 0.1) is 13.8 Å². The van der Waals surface area contributed by atoms with Crippen LogP contribution in [-0.4, -0.2) is 6.85 Å². The first kappa shape index (κ1) is 51.1. The van der Waals surface area contributed by atoms with Crippen LogP contribution in [0.15, 0.2) is 229 Å². The van der Waals surface area contributed by atoms with Crippen molar-refractivity contribution >= 4 is 85.2 Å². The summed E-state index contributed by atoms with van der Waals surface area (Å²) in [5.41, 5.74) is 32.9. The molecule has 1 spiro atoms. The maximum absolute atomic E-state index is 6.47. The maximum Gasteiger partial charge on any atom is 0.333 e. The van der Waals surface area contributed by atoms with E-state index in [0.717, 1.165) is 63.2 Å². The fraction of sp³-hybridized carbons (Fsp3) is 0.185. The summed E-state index contributed by atoms with van der Waals surface area (Å²) in [4.78, 5) is 7.92. The van der Waals surface area contributed by atoms with E-state index in [0.29, 0.717) is 0 Å². The highest BCUT2D eigenvalue weighted by molar-refractivity contribution is 6.93. The van der Waals surface area contributed by atoms with E-state index in [2.05, 4.69) is 301 Å². The van der Waals surface area contributed by atoms with Crippen LogP contribution in [0.25, 0.3) is 55.3 Å². The summed E-state index contributed by atoms with van der Waals surface area (Å²) in [6, 6.07) is 86.2. The van der Waals surface area contributed by atoms with Crippen molar-refractivity contribution in [1.29, 1.82) is 0 Å². The zero-order chi connectivity index (χ0) is 58.3. The molecule has 2 aliphatic carbocycles. The Morgan fingerprint density at radius 2 is 1.06 bits per heavy atom. The van der Waals surface area contributed by atoms with Gasteiger partial charge in [-0.05, 0) is 211 Å². The molecule has 0 fully saturated rings. The zero-order valence-corrected chi connectivity index (χ0v) is 50.6. The van der Waals surface area contributed by atoms with Gasteiger partial charge in [0.1, 0.15) is 11.2 Å². The molecule has 0 unspecified atom stereocenters. The Morgan fingerprint density at radius 1 is 0.453 bits per heavy atom. The summed E-state index contributed by atoms with van der Waals surface area (Å²) in [7, 11) is 0. The minimum atomic E-state index is -0.608. The van der Waals surface area contributed by atoms with Crippen LogP contribution in [0.2, 0.25) is 0 Å². The highest BCUT2D eigenvalue weighted by Crippen LogP contribution is 2.66. The molecule has 11 aromatic carbocycles. The zero-order valence-electron chi connectivity index (χ0n) is 50.6. The number of fused-ring (bicyclic) bond motifs is 17. The Bertz CT molecular complexity index is 4800. The van der Waals surface area contributed by atoms with E-state index in [1.165, 1.54) is 111 Å². The Morgan fingerprint density at radius 3 is 1.78 bits per heavy atom. The van der Waals surface area contributed by atoms with E-state index >= 15 is 0 Å². The second kappa shape index (κ2) is 17.9. The third-order valence-electron chi connectivity index (χ3n) is 20.7. The van der Waals surface area contributed by atoms with Gasteiger partial charge in [0.25, 0.3) is 0 Å². The molecule has 4 nitrogen and oxygen atoms in total. The Balaban J connectivity index is 0.996. The molecule has 0 saturated carbocycles. The van der Waals surface area contributed by atoms with Crippen molar-refractivity contribution in [1.82, 2.24) is 0 Å². The van der Waals surface area contributed by atoms with E-state index in [1.54, 1.807) is 0 Å². The lowest BCUT2D eigenvalue weighted by atomic mass is 9.42. The van der Waals surface area contributed by atoms with Gasteiger partial charge in [-0.15, -0.1) is 0 Å². The number of furan rings is 1. The van der Waals surface area contributed by atoms with E-state index in [1.807, 2.05) is 0 Å². The summed E-state index contributed by atoms with van der Waals surface area (Å²) in [5.74, 6) is 0. The lowest BCUT2D eigenvalue weighted by Crippen LogP contribution is -2.62. The molecule has 3 aliphatic heterocycles. The van der Waals surface area contributed by atoms with Gasteiger partial charge in [0.2, 0.25) is 0 Å². The first-order valence-corrected chi connectivity index (χ1v) is 31.0. The number of nitrogens with zero attached hydrogens (tertiary/aromatic N) is 3. The summed E-state index contributed by atoms with van der Waals surface area (Å²) < 4.78 is 6.47. The fourth-order valence-electron chi connectivity index (χ4n) is 16.4. The number of rotatable bonds is 5. The number of anilines is 8. The maximum atomic E-state index is 6.47. The average molecular weight is 1110 g/mol. The van der Waals surface area contributed by atoms with Crippen molar-refractivity contribution in [2.45, 2.75) is 96.8 Å². The number of aryl methyl sites for hydroxylation is 2. The van der Waals surface area contributed by atoms with Crippen molar-refractivity contribution < 1.29 is 4.42 Å². The molecule has 4 heterocycles. The fourth-order valence-corrected chi connectivity index (χ4v) is 16.4. The van der Waals surface area contributed by atoms with Gasteiger partial charge in [-0.25, -0.2) is 0 Å². The van der Waals surface area contributed by atoms with E-state index in [-0.39, 0.29) is 23.1 Å². The number of para-hydroxylation sites is 3. The van der Waals surface area contributed by atoms with Crippen LogP contribution in [0.4, 0.5) is 45.5 Å². The minimum absolute atomic E-state index is 0.00667. The first-order chi connectivity index (χ1) is 41.6. The summed E-state index contributed by atoms with van der Waals surface area (Å²) in [6.07, 6.45) is 2.27. The average Bonchev–Trinajstić information content (AvgIpc) is 1.19. The van der Waals surface area contributed by atoms with Gasteiger partial charge in [0.05, 0.1) is 11.1 Å². The third kappa shape index (κ3) is 7.00. The van der Waals surface area contributed by atoms with Crippen LogP contribution >= 0.6 is 0 Å². The number of hydrogen-bond donors (Lipinski definition) is 0. The van der Waals surface area contributed by atoms with Crippen LogP contribution in [0.1, 0.15) is 111 Å². The molecule has 0 saturated heterocycles. The van der Waals surface area contributed by atoms with Gasteiger partial charge in [-0.3, -0.25) is 0 Å². The van der Waals surface area contributed by atoms with Gasteiger partial charge in [-0.2, -0.15) is 0 Å². The lowest BCUT2D eigenvalue weighted by molar-refractivity contribution is 0.331. The van der Waals surface area contributed by atoms with Gasteiger partial charge in [0, 0.05) is 56.1 Å². The van der Waals surface area contributed by atoms with E-state index in [4.69, 9.17) is 4.42 Å². The second-order valence-electron chi connectivity index (χ2n) is 27.5. The SMILES string of the molecule is Cc1cccc(C)c1-c1cc2c3c(c1)N1c4cc5c(cc4C4(c6ccccc6-c6ccccc64)c4cccc(c41)B3N(c1ccccc1)c1cc(N(c3ccc(C(C)(C)C)cc3)c3ccc4oc6ccccc6c4c3)ccc1-2)C(C)(C)CCC5(C)C. The highest BCUT2D eigenvalue weighted by atomic mass is 16.3. The second-order valence-corrected chi connectivity index (χ2v) is 27.5. The molecule has 0 N–H and O–H groups in total. The van der Waals surface area contributed by atoms with Crippen molar-refractivity contribution in [3.05, 3.63) is 275 Å². The quantitative estimate of drug-likeness (QED) is 0.160. The first-order valence-electron chi connectivity index (χ1n) is 31.0. The highest BCUT2D eigenvalue weighted by Gasteiger charge is 2.57. The molecule has 416 valence electrons. The van der Waals surface area contributed by atoms with Crippen molar-refractivity contribution in [3.63, 3.8) is 0 Å². The molecule has 0 atom stereocenters. The molecule has 0 bridgehead atoms. The molecular formula is C81H68BN3O. The van der Waals surface area contributed by atoms with Crippen LogP contribution in [-0.2, 0) is 21.7 Å². The predicted octanol–water partition coefficient (Wildman–Crippen LogP) is 20.4. The molecule has 0 amide bonds. The molecule has 5 aliphatic rings. The topological polar surface area (TPSA) is 22.9 Å². The normalized spacial score (nSPS) is 15.8. The molecule has 17 rings (SSSR count). The number of hydrogen-bond acceptors (Lipinski definition) is 4. The smallest absolute Gasteiger partial charge is 0.333 e. The molecule has 12 aromatic rings. The molecule has 5 heteroatoms. The van der Waals surface area contributed by atoms with Crippen molar-refractivity contribution in [2.24, 2.45) is 0 Å². The van der Waals surface area contributed by atoms with Crippen LogP contribution in [0.3, 0.4) is 0 Å². The van der Waals surface area contributed by atoms with Gasteiger partial charge in [0.15, 0.2) is 0 Å².